The molecule has 4 aromatic rings. The van der Waals surface area contributed by atoms with Gasteiger partial charge in [-0.3, -0.25) is 0 Å². The van der Waals surface area contributed by atoms with Crippen molar-refractivity contribution in [2.24, 2.45) is 0 Å². The largest absolute Gasteiger partial charge is 0.512 e. The van der Waals surface area contributed by atoms with Crippen LogP contribution in [-0.2, 0) is 6.42 Å². The first-order chi connectivity index (χ1) is 17.2. The first kappa shape index (κ1) is 25.7. The highest BCUT2D eigenvalue weighted by Gasteiger charge is 2.19. The van der Waals surface area contributed by atoms with Crippen molar-refractivity contribution < 1.29 is 29.3 Å². The minimum absolute atomic E-state index is 0.123. The summed E-state index contributed by atoms with van der Waals surface area (Å²) in [5.41, 5.74) is 3.93. The number of para-hydroxylation sites is 1. The molecule has 7 nitrogen and oxygen atoms in total. The second-order valence-corrected chi connectivity index (χ2v) is 9.15. The van der Waals surface area contributed by atoms with E-state index in [2.05, 4.69) is 4.98 Å². The van der Waals surface area contributed by atoms with E-state index >= 15 is 0 Å². The molecular formula is C26H20Cl3NO6. The molecule has 0 spiro atoms. The summed E-state index contributed by atoms with van der Waals surface area (Å²) in [4.78, 5) is 25.8. The van der Waals surface area contributed by atoms with Crippen LogP contribution in [-0.4, -0.2) is 33.9 Å². The van der Waals surface area contributed by atoms with Crippen molar-refractivity contribution >= 4 is 57.8 Å². The second kappa shape index (κ2) is 10.7. The molecule has 0 saturated heterocycles. The quantitative estimate of drug-likeness (QED) is 0.117. The fourth-order valence-corrected chi connectivity index (χ4v) is 4.63. The molecule has 0 aliphatic rings. The third kappa shape index (κ3) is 5.23. The molecule has 0 unspecified atom stereocenters. The van der Waals surface area contributed by atoms with Crippen molar-refractivity contribution in [3.8, 4) is 22.8 Å². The highest BCUT2D eigenvalue weighted by Crippen LogP contribution is 2.38. The van der Waals surface area contributed by atoms with Gasteiger partial charge < -0.3 is 24.7 Å². The van der Waals surface area contributed by atoms with Crippen LogP contribution in [0, 0.1) is 6.92 Å². The van der Waals surface area contributed by atoms with Crippen LogP contribution >= 0.6 is 34.8 Å². The summed E-state index contributed by atoms with van der Waals surface area (Å²) in [6, 6.07) is 13.7. The lowest BCUT2D eigenvalue weighted by Crippen LogP contribution is -2.06. The number of fused-ring (bicyclic) bond motifs is 1. The number of rotatable bonds is 8. The van der Waals surface area contributed by atoms with Crippen molar-refractivity contribution in [2.45, 2.75) is 19.8 Å². The molecule has 1 heterocycles. The number of carboxylic acid groups (broad SMARTS) is 2. The highest BCUT2D eigenvalue weighted by molar-refractivity contribution is 6.48. The highest BCUT2D eigenvalue weighted by atomic mass is 35.5. The number of hydrogen-bond donors (Lipinski definition) is 3. The van der Waals surface area contributed by atoms with E-state index in [0.29, 0.717) is 34.7 Å². The maximum atomic E-state index is 11.4. The monoisotopic (exact) mass is 547 g/mol. The molecule has 0 saturated carbocycles. The average molecular weight is 549 g/mol. The van der Waals surface area contributed by atoms with Gasteiger partial charge in [-0.25, -0.2) is 9.59 Å². The third-order valence-corrected chi connectivity index (χ3v) is 6.96. The molecule has 4 rings (SSSR count). The zero-order valence-corrected chi connectivity index (χ0v) is 21.2. The number of carboxylic acids is 1. The number of halogens is 3. The van der Waals surface area contributed by atoms with Gasteiger partial charge in [0.05, 0.1) is 27.7 Å². The van der Waals surface area contributed by atoms with Crippen LogP contribution in [0.1, 0.15) is 27.9 Å². The van der Waals surface area contributed by atoms with E-state index < -0.39 is 12.1 Å². The number of aromatic carboxylic acids is 1. The van der Waals surface area contributed by atoms with Gasteiger partial charge >= 0.3 is 12.1 Å². The summed E-state index contributed by atoms with van der Waals surface area (Å²) >= 11 is 18.2. The summed E-state index contributed by atoms with van der Waals surface area (Å²) in [6.07, 6.45) is -0.469. The summed E-state index contributed by atoms with van der Waals surface area (Å²) < 4.78 is 10.8. The number of aryl methyl sites for hydroxylation is 2. The number of benzene rings is 3. The molecule has 36 heavy (non-hydrogen) atoms. The molecule has 186 valence electrons. The van der Waals surface area contributed by atoms with Crippen molar-refractivity contribution in [1.82, 2.24) is 4.98 Å². The zero-order valence-electron chi connectivity index (χ0n) is 18.9. The minimum atomic E-state index is -1.44. The number of nitrogens with one attached hydrogen (secondary N) is 1. The number of aromatic amines is 1. The van der Waals surface area contributed by atoms with Crippen molar-refractivity contribution in [2.75, 3.05) is 6.61 Å². The van der Waals surface area contributed by atoms with Gasteiger partial charge in [-0.05, 0) is 55.2 Å². The molecule has 0 fully saturated rings. The lowest BCUT2D eigenvalue weighted by molar-refractivity contribution is 0.0696. The Morgan fingerprint density at radius 2 is 1.75 bits per heavy atom. The molecule has 3 N–H and O–H groups in total. The van der Waals surface area contributed by atoms with E-state index in [1.54, 1.807) is 24.3 Å². The molecule has 3 aromatic carbocycles. The lowest BCUT2D eigenvalue weighted by Gasteiger charge is -2.10. The molecule has 0 amide bonds. The van der Waals surface area contributed by atoms with Crippen LogP contribution in [0.5, 0.6) is 11.6 Å². The van der Waals surface area contributed by atoms with E-state index in [0.717, 1.165) is 22.1 Å². The molecule has 0 bridgehead atoms. The van der Waals surface area contributed by atoms with E-state index in [-0.39, 0.29) is 28.1 Å². The van der Waals surface area contributed by atoms with Crippen molar-refractivity contribution in [3.05, 3.63) is 80.3 Å². The maximum Gasteiger partial charge on any atom is 0.512 e. The molecule has 10 heteroatoms. The van der Waals surface area contributed by atoms with Gasteiger partial charge in [-0.1, -0.05) is 59.1 Å². The first-order valence-electron chi connectivity index (χ1n) is 10.8. The van der Waals surface area contributed by atoms with Gasteiger partial charge in [0.2, 0.25) is 5.88 Å². The fourth-order valence-electron chi connectivity index (χ4n) is 4.05. The van der Waals surface area contributed by atoms with E-state index in [1.165, 1.54) is 6.07 Å². The van der Waals surface area contributed by atoms with Crippen LogP contribution in [0.25, 0.3) is 22.0 Å². The van der Waals surface area contributed by atoms with Crippen molar-refractivity contribution in [1.29, 1.82) is 0 Å². The third-order valence-electron chi connectivity index (χ3n) is 5.68. The number of aromatic nitrogens is 1. The van der Waals surface area contributed by atoms with E-state index in [9.17, 15) is 19.8 Å². The Morgan fingerprint density at radius 1 is 0.972 bits per heavy atom. The predicted octanol–water partition coefficient (Wildman–Crippen LogP) is 7.87. The summed E-state index contributed by atoms with van der Waals surface area (Å²) in [7, 11) is 0. The fraction of sp³-hybridized carbons (Fsp3) is 0.154. The average Bonchev–Trinajstić information content (AvgIpc) is 3.18. The number of H-pyrrole nitrogens is 1. The Labute approximate surface area is 221 Å². The van der Waals surface area contributed by atoms with Gasteiger partial charge in [0.25, 0.3) is 0 Å². The van der Waals surface area contributed by atoms with Crippen LogP contribution in [0.4, 0.5) is 4.79 Å². The van der Waals surface area contributed by atoms with Gasteiger partial charge in [0.15, 0.2) is 0 Å². The van der Waals surface area contributed by atoms with Crippen LogP contribution in [0.2, 0.25) is 15.1 Å². The Morgan fingerprint density at radius 3 is 2.44 bits per heavy atom. The zero-order chi connectivity index (χ0) is 26.0. The number of carbonyl (C=O) groups is 2. The topological polar surface area (TPSA) is 109 Å². The Balaban J connectivity index is 1.64. The van der Waals surface area contributed by atoms with Gasteiger partial charge in [0, 0.05) is 16.5 Å². The van der Waals surface area contributed by atoms with Crippen molar-refractivity contribution in [3.63, 3.8) is 0 Å². The van der Waals surface area contributed by atoms with Gasteiger partial charge in [-0.2, -0.15) is 0 Å². The SMILES string of the molecule is Cc1cc(C(=O)O)ccc1-c1cccc2c(CCCOc3ccc(Cl)c(Cl)c3Cl)c(OC(=O)O)[nH]c12. The van der Waals surface area contributed by atoms with Gasteiger partial charge in [0.1, 0.15) is 10.8 Å². The second-order valence-electron chi connectivity index (χ2n) is 7.99. The molecule has 0 aliphatic heterocycles. The minimum Gasteiger partial charge on any atom is -0.492 e. The Bertz CT molecular complexity index is 1480. The van der Waals surface area contributed by atoms with E-state index in [1.807, 2.05) is 25.1 Å². The normalized spacial score (nSPS) is 11.0. The number of hydrogen-bond acceptors (Lipinski definition) is 4. The number of ether oxygens (including phenoxy) is 2. The maximum absolute atomic E-state index is 11.4. The summed E-state index contributed by atoms with van der Waals surface area (Å²) in [5.74, 6) is -0.488. The molecule has 1 aromatic heterocycles. The van der Waals surface area contributed by atoms with Gasteiger partial charge in [-0.15, -0.1) is 0 Å². The Kier molecular flexibility index (Phi) is 7.64. The summed E-state index contributed by atoms with van der Waals surface area (Å²) in [6.45, 7) is 2.11. The molecular weight excluding hydrogens is 529 g/mol. The Hall–Kier alpha value is -3.39. The lowest BCUT2D eigenvalue weighted by atomic mass is 9.96. The van der Waals surface area contributed by atoms with Crippen LogP contribution in [0.3, 0.4) is 0 Å². The molecule has 0 atom stereocenters. The molecule has 0 aliphatic carbocycles. The molecule has 0 radical (unpaired) electrons. The smallest absolute Gasteiger partial charge is 0.492 e. The first-order valence-corrected chi connectivity index (χ1v) is 12.0. The van der Waals surface area contributed by atoms with Crippen LogP contribution in [0.15, 0.2) is 48.5 Å². The van der Waals surface area contributed by atoms with Crippen LogP contribution < -0.4 is 9.47 Å². The van der Waals surface area contributed by atoms with E-state index in [4.69, 9.17) is 44.3 Å². The summed E-state index contributed by atoms with van der Waals surface area (Å²) in [5, 5.41) is 20.1. The standard InChI is InChI=1S/C26H20Cl3NO6/c1-13-12-14(25(31)32)7-8-15(13)16-4-2-5-17-18(24(30-23(16)17)36-26(33)34)6-3-11-35-20-10-9-19(27)21(28)22(20)29/h2,4-5,7-10,12,30H,3,6,11H2,1H3,(H,31,32)(H,33,34). The predicted molar refractivity (Wildman–Crippen MR) is 139 cm³/mol.